The lowest BCUT2D eigenvalue weighted by atomic mass is 10.1. The van der Waals surface area contributed by atoms with E-state index in [-0.39, 0.29) is 18.1 Å². The lowest BCUT2D eigenvalue weighted by Crippen LogP contribution is -2.40. The fourth-order valence-electron chi connectivity index (χ4n) is 1.94. The van der Waals surface area contributed by atoms with Crippen LogP contribution in [-0.4, -0.2) is 36.2 Å². The van der Waals surface area contributed by atoms with Gasteiger partial charge in [-0.05, 0) is 26.7 Å². The third-order valence-electron chi connectivity index (χ3n) is 2.67. The van der Waals surface area contributed by atoms with Crippen LogP contribution in [0.3, 0.4) is 0 Å². The van der Waals surface area contributed by atoms with E-state index in [1.165, 1.54) is 0 Å². The van der Waals surface area contributed by atoms with Gasteiger partial charge in [-0.15, -0.1) is 0 Å². The summed E-state index contributed by atoms with van der Waals surface area (Å²) >= 11 is 0. The van der Waals surface area contributed by atoms with Gasteiger partial charge in [0.15, 0.2) is 0 Å². The Kier molecular flexibility index (Phi) is 4.54. The zero-order valence-electron chi connectivity index (χ0n) is 10.1. The van der Waals surface area contributed by atoms with Crippen LogP contribution in [0, 0.1) is 0 Å². The van der Waals surface area contributed by atoms with Crippen LogP contribution in [0.2, 0.25) is 0 Å². The van der Waals surface area contributed by atoms with E-state index >= 15 is 0 Å². The quantitative estimate of drug-likeness (QED) is 0.717. The van der Waals surface area contributed by atoms with Gasteiger partial charge in [0.2, 0.25) is 0 Å². The van der Waals surface area contributed by atoms with Gasteiger partial charge in [-0.25, -0.2) is 10.4 Å². The highest BCUT2D eigenvalue weighted by atomic mass is 16.5. The van der Waals surface area contributed by atoms with E-state index in [1.807, 2.05) is 25.9 Å². The maximum Gasteiger partial charge on any atom is 0.324 e. The summed E-state index contributed by atoms with van der Waals surface area (Å²) in [5.74, 6) is -0.129. The fraction of sp³-hybridized carbons (Fsp3) is 0.909. The number of rotatable bonds is 4. The number of hydrogen-bond acceptors (Lipinski definition) is 4. The number of hydrogen-bond donors (Lipinski definition) is 1. The van der Waals surface area contributed by atoms with Gasteiger partial charge in [0.05, 0.1) is 6.10 Å². The van der Waals surface area contributed by atoms with Crippen molar-refractivity contribution in [1.29, 1.82) is 0 Å². The molecule has 0 radical (unpaired) electrons. The summed E-state index contributed by atoms with van der Waals surface area (Å²) in [5, 5.41) is 2.04. The van der Waals surface area contributed by atoms with Crippen LogP contribution in [0.4, 0.5) is 0 Å². The number of nitrogens with one attached hydrogen (secondary N) is 1. The number of carbonyl (C=O) groups excluding carboxylic acids is 1. The second-order valence-electron chi connectivity index (χ2n) is 4.46. The molecule has 15 heavy (non-hydrogen) atoms. The molecule has 88 valence electrons. The largest absolute Gasteiger partial charge is 0.462 e. The molecule has 0 bridgehead atoms. The maximum absolute atomic E-state index is 11.6. The Balaban J connectivity index is 2.43. The lowest BCUT2D eigenvalue weighted by molar-refractivity contribution is -0.150. The minimum atomic E-state index is -0.158. The molecule has 4 nitrogen and oxygen atoms in total. The Morgan fingerprint density at radius 3 is 2.80 bits per heavy atom. The summed E-state index contributed by atoms with van der Waals surface area (Å²) in [5.41, 5.74) is 3.15. The molecule has 0 amide bonds. The highest BCUT2D eigenvalue weighted by Crippen LogP contribution is 2.18. The van der Waals surface area contributed by atoms with Gasteiger partial charge in [0.25, 0.3) is 0 Å². The molecule has 0 spiro atoms. The van der Waals surface area contributed by atoms with Crippen molar-refractivity contribution in [2.75, 3.05) is 7.05 Å². The summed E-state index contributed by atoms with van der Waals surface area (Å²) in [6.07, 6.45) is 3.09. The predicted octanol–water partition coefficient (Wildman–Crippen LogP) is 1.32. The molecular weight excluding hydrogens is 192 g/mol. The number of hydrazine groups is 1. The van der Waals surface area contributed by atoms with Crippen LogP contribution in [0.15, 0.2) is 0 Å². The molecule has 2 unspecified atom stereocenters. The van der Waals surface area contributed by atoms with Crippen molar-refractivity contribution in [1.82, 2.24) is 10.4 Å². The molecule has 0 saturated carbocycles. The third-order valence-corrected chi connectivity index (χ3v) is 2.67. The van der Waals surface area contributed by atoms with E-state index in [1.54, 1.807) is 0 Å². The molecule has 1 heterocycles. The second-order valence-corrected chi connectivity index (χ2v) is 4.46. The molecular formula is C11H22N2O2. The third kappa shape index (κ3) is 3.47. The fourth-order valence-corrected chi connectivity index (χ4v) is 1.94. The Labute approximate surface area is 91.9 Å². The average molecular weight is 214 g/mol. The van der Waals surface area contributed by atoms with Gasteiger partial charge in [-0.1, -0.05) is 13.3 Å². The maximum atomic E-state index is 11.6. The second kappa shape index (κ2) is 5.47. The summed E-state index contributed by atoms with van der Waals surface area (Å²) in [7, 11) is 1.99. The van der Waals surface area contributed by atoms with E-state index in [0.717, 1.165) is 19.3 Å². The van der Waals surface area contributed by atoms with Gasteiger partial charge < -0.3 is 4.74 Å². The number of nitrogens with zero attached hydrogens (tertiary/aromatic N) is 1. The summed E-state index contributed by atoms with van der Waals surface area (Å²) in [4.78, 5) is 11.6. The molecule has 0 aromatic carbocycles. The molecule has 0 aliphatic carbocycles. The minimum Gasteiger partial charge on any atom is -0.462 e. The molecule has 0 aromatic heterocycles. The normalized spacial score (nSPS) is 27.3. The summed E-state index contributed by atoms with van der Waals surface area (Å²) in [6, 6.07) is 0.300. The first-order chi connectivity index (χ1) is 7.04. The van der Waals surface area contributed by atoms with Gasteiger partial charge >= 0.3 is 5.97 Å². The molecule has 2 atom stereocenters. The minimum absolute atomic E-state index is 0.0326. The van der Waals surface area contributed by atoms with Crippen molar-refractivity contribution in [3.05, 3.63) is 0 Å². The van der Waals surface area contributed by atoms with Crippen molar-refractivity contribution in [2.24, 2.45) is 0 Å². The van der Waals surface area contributed by atoms with Crippen LogP contribution in [-0.2, 0) is 9.53 Å². The van der Waals surface area contributed by atoms with Crippen molar-refractivity contribution < 1.29 is 9.53 Å². The van der Waals surface area contributed by atoms with E-state index in [9.17, 15) is 4.79 Å². The Morgan fingerprint density at radius 1 is 1.60 bits per heavy atom. The van der Waals surface area contributed by atoms with Crippen molar-refractivity contribution in [3.63, 3.8) is 0 Å². The zero-order valence-corrected chi connectivity index (χ0v) is 10.1. The first kappa shape index (κ1) is 12.5. The van der Waals surface area contributed by atoms with Crippen LogP contribution >= 0.6 is 0 Å². The molecule has 1 aliphatic rings. The van der Waals surface area contributed by atoms with Crippen LogP contribution in [0.25, 0.3) is 0 Å². The molecule has 4 heteroatoms. The standard InChI is InChI=1S/C11H22N2O2/c1-5-6-9-7-10(12-13(9)4)11(14)15-8(2)3/h8-10,12H,5-7H2,1-4H3. The lowest BCUT2D eigenvalue weighted by Gasteiger charge is -2.17. The molecule has 0 aromatic rings. The smallest absolute Gasteiger partial charge is 0.324 e. The first-order valence-corrected chi connectivity index (χ1v) is 5.74. The van der Waals surface area contributed by atoms with Crippen LogP contribution in [0.5, 0.6) is 0 Å². The summed E-state index contributed by atoms with van der Waals surface area (Å²) < 4.78 is 5.18. The van der Waals surface area contributed by atoms with Crippen molar-refractivity contribution >= 4 is 5.97 Å². The van der Waals surface area contributed by atoms with Gasteiger partial charge in [0, 0.05) is 13.1 Å². The monoisotopic (exact) mass is 214 g/mol. The van der Waals surface area contributed by atoms with E-state index < -0.39 is 0 Å². The Bertz CT molecular complexity index is 219. The zero-order chi connectivity index (χ0) is 11.4. The molecule has 1 saturated heterocycles. The van der Waals surface area contributed by atoms with E-state index in [2.05, 4.69) is 12.3 Å². The molecule has 1 aliphatic heterocycles. The highest BCUT2D eigenvalue weighted by Gasteiger charge is 2.34. The SMILES string of the molecule is CCCC1CC(C(=O)OC(C)C)NN1C. The van der Waals surface area contributed by atoms with Crippen molar-refractivity contribution in [3.8, 4) is 0 Å². The van der Waals surface area contributed by atoms with E-state index in [4.69, 9.17) is 4.74 Å². The molecule has 1 fully saturated rings. The van der Waals surface area contributed by atoms with Crippen molar-refractivity contribution in [2.45, 2.75) is 58.2 Å². The summed E-state index contributed by atoms with van der Waals surface area (Å²) in [6.45, 7) is 5.91. The van der Waals surface area contributed by atoms with Crippen LogP contribution < -0.4 is 5.43 Å². The molecule has 1 N–H and O–H groups in total. The number of ether oxygens (including phenoxy) is 1. The topological polar surface area (TPSA) is 41.6 Å². The van der Waals surface area contributed by atoms with Gasteiger partial charge in [-0.3, -0.25) is 4.79 Å². The number of esters is 1. The number of carbonyl (C=O) groups is 1. The van der Waals surface area contributed by atoms with Crippen LogP contribution in [0.1, 0.15) is 40.0 Å². The first-order valence-electron chi connectivity index (χ1n) is 5.74. The Hall–Kier alpha value is -0.610. The molecule has 1 rings (SSSR count). The van der Waals surface area contributed by atoms with E-state index in [0.29, 0.717) is 6.04 Å². The van der Waals surface area contributed by atoms with Gasteiger partial charge in [0.1, 0.15) is 6.04 Å². The highest BCUT2D eigenvalue weighted by molar-refractivity contribution is 5.76. The predicted molar refractivity (Wildman–Crippen MR) is 59.2 cm³/mol. The van der Waals surface area contributed by atoms with Gasteiger partial charge in [-0.2, -0.15) is 0 Å². The average Bonchev–Trinajstić information content (AvgIpc) is 2.47. The Morgan fingerprint density at radius 2 is 2.27 bits per heavy atom.